The number of hydrogen-bond acceptors (Lipinski definition) is 5. The van der Waals surface area contributed by atoms with Crippen LogP contribution >= 0.6 is 0 Å². The zero-order valence-corrected chi connectivity index (χ0v) is 12.6. The van der Waals surface area contributed by atoms with E-state index in [1.54, 1.807) is 25.3 Å². The second-order valence-corrected chi connectivity index (χ2v) is 6.20. The first kappa shape index (κ1) is 15.1. The molecule has 0 unspecified atom stereocenters. The van der Waals surface area contributed by atoms with Crippen LogP contribution in [0.5, 0.6) is 5.75 Å². The molecule has 2 rings (SSSR count). The molecule has 0 radical (unpaired) electrons. The highest BCUT2D eigenvalue weighted by molar-refractivity contribution is 7.89. The Morgan fingerprint density at radius 1 is 1.10 bits per heavy atom. The largest absolute Gasteiger partial charge is 0.497 e. The van der Waals surface area contributed by atoms with E-state index < -0.39 is 10.0 Å². The lowest BCUT2D eigenvalue weighted by Gasteiger charge is -2.12. The molecule has 0 aliphatic carbocycles. The highest BCUT2D eigenvalue weighted by atomic mass is 32.2. The van der Waals surface area contributed by atoms with Gasteiger partial charge in [-0.3, -0.25) is 0 Å². The van der Waals surface area contributed by atoms with Gasteiger partial charge in [0.1, 0.15) is 5.75 Å². The Balaban J connectivity index is 2.32. The van der Waals surface area contributed by atoms with E-state index in [0.29, 0.717) is 11.4 Å². The van der Waals surface area contributed by atoms with E-state index in [0.717, 1.165) is 11.4 Å². The van der Waals surface area contributed by atoms with E-state index >= 15 is 0 Å². The summed E-state index contributed by atoms with van der Waals surface area (Å²) in [7, 11) is -0.553. The van der Waals surface area contributed by atoms with Gasteiger partial charge in [0.25, 0.3) is 0 Å². The van der Waals surface area contributed by atoms with Crippen LogP contribution in [0, 0.1) is 0 Å². The second kappa shape index (κ2) is 6.02. The first-order valence-electron chi connectivity index (χ1n) is 6.20. The second-order valence-electron chi connectivity index (χ2n) is 4.31. The van der Waals surface area contributed by atoms with Crippen LogP contribution in [0.15, 0.2) is 47.4 Å². The molecule has 0 saturated carbocycles. The Hall–Kier alpha value is -2.25. The minimum Gasteiger partial charge on any atom is -0.497 e. The van der Waals surface area contributed by atoms with Crippen molar-refractivity contribution in [1.82, 2.24) is 4.72 Å². The maximum atomic E-state index is 11.8. The van der Waals surface area contributed by atoms with Crippen LogP contribution < -0.4 is 20.5 Å². The van der Waals surface area contributed by atoms with E-state index in [1.807, 2.05) is 12.1 Å². The average molecular weight is 307 g/mol. The van der Waals surface area contributed by atoms with E-state index in [9.17, 15) is 8.42 Å². The van der Waals surface area contributed by atoms with E-state index in [-0.39, 0.29) is 4.90 Å². The summed E-state index contributed by atoms with van der Waals surface area (Å²) < 4.78 is 31.0. The molecule has 0 spiro atoms. The zero-order valence-electron chi connectivity index (χ0n) is 11.8. The number of sulfonamides is 1. The van der Waals surface area contributed by atoms with Gasteiger partial charge in [0, 0.05) is 5.69 Å². The number of nitrogens with one attached hydrogen (secondary N) is 2. The fourth-order valence-electron chi connectivity index (χ4n) is 1.76. The molecule has 0 aliphatic heterocycles. The lowest BCUT2D eigenvalue weighted by molar-refractivity contribution is 0.415. The smallest absolute Gasteiger partial charge is 0.240 e. The molecule has 0 bridgehead atoms. The predicted molar refractivity (Wildman–Crippen MR) is 83.4 cm³/mol. The highest BCUT2D eigenvalue weighted by Gasteiger charge is 2.13. The van der Waals surface area contributed by atoms with Gasteiger partial charge in [-0.1, -0.05) is 0 Å². The minimum absolute atomic E-state index is 0.148. The number of anilines is 3. The molecule has 0 aromatic heterocycles. The van der Waals surface area contributed by atoms with Crippen LogP contribution in [-0.2, 0) is 10.0 Å². The molecule has 21 heavy (non-hydrogen) atoms. The van der Waals surface area contributed by atoms with Gasteiger partial charge >= 0.3 is 0 Å². The number of ether oxygens (including phenoxy) is 1. The van der Waals surface area contributed by atoms with Gasteiger partial charge in [-0.15, -0.1) is 0 Å². The molecule has 0 fully saturated rings. The maximum Gasteiger partial charge on any atom is 0.240 e. The Bertz CT molecular complexity index is 728. The number of benzene rings is 2. The van der Waals surface area contributed by atoms with Gasteiger partial charge < -0.3 is 15.8 Å². The van der Waals surface area contributed by atoms with Crippen LogP contribution in [0.25, 0.3) is 0 Å². The molecule has 2 aromatic rings. The maximum absolute atomic E-state index is 11.8. The molecular formula is C14H17N3O3S. The van der Waals surface area contributed by atoms with E-state index in [4.69, 9.17) is 10.5 Å². The number of hydrogen-bond donors (Lipinski definition) is 3. The quantitative estimate of drug-likeness (QED) is 0.734. The predicted octanol–water partition coefficient (Wildman–Crippen LogP) is 1.93. The summed E-state index contributed by atoms with van der Waals surface area (Å²) in [6.45, 7) is 0. The van der Waals surface area contributed by atoms with Crippen LogP contribution in [0.2, 0.25) is 0 Å². The third-order valence-corrected chi connectivity index (χ3v) is 4.38. The van der Waals surface area contributed by atoms with Gasteiger partial charge in [0.15, 0.2) is 0 Å². The molecule has 0 heterocycles. The van der Waals surface area contributed by atoms with Crippen molar-refractivity contribution in [3.8, 4) is 5.75 Å². The lowest BCUT2D eigenvalue weighted by Crippen LogP contribution is -2.18. The lowest BCUT2D eigenvalue weighted by atomic mass is 10.2. The van der Waals surface area contributed by atoms with Crippen molar-refractivity contribution in [2.24, 2.45) is 0 Å². The van der Waals surface area contributed by atoms with Crippen molar-refractivity contribution < 1.29 is 13.2 Å². The van der Waals surface area contributed by atoms with Gasteiger partial charge in [0.05, 0.1) is 23.4 Å². The summed E-state index contributed by atoms with van der Waals surface area (Å²) in [5, 5.41) is 3.09. The van der Waals surface area contributed by atoms with Crippen LogP contribution in [0.3, 0.4) is 0 Å². The fraction of sp³-hybridized carbons (Fsp3) is 0.143. The third kappa shape index (κ3) is 3.45. The van der Waals surface area contributed by atoms with Crippen molar-refractivity contribution in [3.63, 3.8) is 0 Å². The normalized spacial score (nSPS) is 11.1. The van der Waals surface area contributed by atoms with E-state index in [1.165, 1.54) is 19.2 Å². The molecule has 0 saturated heterocycles. The number of rotatable bonds is 5. The third-order valence-electron chi connectivity index (χ3n) is 2.97. The number of nitrogen functional groups attached to an aromatic ring is 1. The Morgan fingerprint density at radius 3 is 2.33 bits per heavy atom. The summed E-state index contributed by atoms with van der Waals surface area (Å²) in [6.07, 6.45) is 0. The van der Waals surface area contributed by atoms with Crippen LogP contribution in [0.4, 0.5) is 17.1 Å². The van der Waals surface area contributed by atoms with Gasteiger partial charge in [0.2, 0.25) is 10.0 Å². The molecule has 7 heteroatoms. The van der Waals surface area contributed by atoms with E-state index in [2.05, 4.69) is 10.0 Å². The van der Waals surface area contributed by atoms with Gasteiger partial charge in [-0.25, -0.2) is 13.1 Å². The summed E-state index contributed by atoms with van der Waals surface area (Å²) in [6, 6.07) is 11.7. The highest BCUT2D eigenvalue weighted by Crippen LogP contribution is 2.27. The summed E-state index contributed by atoms with van der Waals surface area (Å²) in [4.78, 5) is 0.148. The molecule has 0 aliphatic rings. The first-order valence-corrected chi connectivity index (χ1v) is 7.69. The minimum atomic E-state index is -3.51. The Labute approximate surface area is 124 Å². The molecular weight excluding hydrogens is 290 g/mol. The molecule has 0 atom stereocenters. The summed E-state index contributed by atoms with van der Waals surface area (Å²) >= 11 is 0. The molecule has 6 nitrogen and oxygen atoms in total. The summed E-state index contributed by atoms with van der Waals surface area (Å²) in [5.74, 6) is 0.736. The molecule has 4 N–H and O–H groups in total. The molecule has 2 aromatic carbocycles. The molecule has 0 amide bonds. The Kier molecular flexibility index (Phi) is 4.35. The monoisotopic (exact) mass is 307 g/mol. The first-order chi connectivity index (χ1) is 9.96. The Morgan fingerprint density at radius 2 is 1.76 bits per heavy atom. The van der Waals surface area contributed by atoms with Crippen molar-refractivity contribution in [1.29, 1.82) is 0 Å². The van der Waals surface area contributed by atoms with Crippen molar-refractivity contribution in [3.05, 3.63) is 42.5 Å². The average Bonchev–Trinajstić information content (AvgIpc) is 2.50. The summed E-state index contributed by atoms with van der Waals surface area (Å²) in [5.41, 5.74) is 7.64. The topological polar surface area (TPSA) is 93.5 Å². The van der Waals surface area contributed by atoms with Crippen molar-refractivity contribution >= 4 is 27.1 Å². The number of nitrogens with two attached hydrogens (primary N) is 1. The van der Waals surface area contributed by atoms with Gasteiger partial charge in [-0.2, -0.15) is 0 Å². The fourth-order valence-corrected chi connectivity index (χ4v) is 2.51. The molecule has 112 valence electrons. The zero-order chi connectivity index (χ0) is 15.5. The van der Waals surface area contributed by atoms with Crippen LogP contribution in [0.1, 0.15) is 0 Å². The van der Waals surface area contributed by atoms with Crippen molar-refractivity contribution in [2.75, 3.05) is 25.2 Å². The standard InChI is InChI=1S/C14H17N3O3S/c1-16-21(18,19)12-7-8-13(15)14(9-12)17-10-3-5-11(20-2)6-4-10/h3-9,16-17H,15H2,1-2H3. The van der Waals surface area contributed by atoms with Gasteiger partial charge in [-0.05, 0) is 49.5 Å². The van der Waals surface area contributed by atoms with Crippen molar-refractivity contribution in [2.45, 2.75) is 4.90 Å². The number of methoxy groups -OCH3 is 1. The van der Waals surface area contributed by atoms with Crippen LogP contribution in [-0.4, -0.2) is 22.6 Å². The SMILES string of the molecule is CNS(=O)(=O)c1ccc(N)c(Nc2ccc(OC)cc2)c1.